The molecule has 0 saturated heterocycles. The average Bonchev–Trinajstić information content (AvgIpc) is 3.15. The number of thiazole rings is 1. The Hall–Kier alpha value is -1.68. The van der Waals surface area contributed by atoms with Gasteiger partial charge in [-0.3, -0.25) is 4.79 Å². The van der Waals surface area contributed by atoms with Gasteiger partial charge in [0.1, 0.15) is 0 Å². The number of carbonyl (C=O) groups is 1. The molecule has 0 N–H and O–H groups in total. The Balaban J connectivity index is 1.60. The highest BCUT2D eigenvalue weighted by Crippen LogP contribution is 2.35. The average molecular weight is 328 g/mol. The van der Waals surface area contributed by atoms with Crippen molar-refractivity contribution >= 4 is 17.2 Å². The van der Waals surface area contributed by atoms with Crippen LogP contribution in [0.2, 0.25) is 0 Å². The Morgan fingerprint density at radius 2 is 2.17 bits per heavy atom. The van der Waals surface area contributed by atoms with Crippen LogP contribution < -0.4 is 0 Å². The summed E-state index contributed by atoms with van der Waals surface area (Å²) in [4.78, 5) is 19.0. The fraction of sp³-hybridized carbons (Fsp3) is 0.474. The molecule has 1 aliphatic carbocycles. The van der Waals surface area contributed by atoms with Crippen LogP contribution in [0.25, 0.3) is 0 Å². The predicted octanol–water partition coefficient (Wildman–Crippen LogP) is 4.35. The summed E-state index contributed by atoms with van der Waals surface area (Å²) in [5, 5.41) is 3.22. The molecule has 0 aliphatic heterocycles. The zero-order valence-corrected chi connectivity index (χ0v) is 14.9. The van der Waals surface area contributed by atoms with Gasteiger partial charge in [-0.15, -0.1) is 11.3 Å². The van der Waals surface area contributed by atoms with Crippen LogP contribution in [0.4, 0.5) is 0 Å². The Kier molecular flexibility index (Phi) is 4.81. The highest BCUT2D eigenvalue weighted by Gasteiger charge is 2.25. The number of fused-ring (bicyclic) bond motifs is 1. The second-order valence-electron chi connectivity index (χ2n) is 6.72. The van der Waals surface area contributed by atoms with E-state index in [1.165, 1.54) is 11.1 Å². The minimum absolute atomic E-state index is 0.214. The van der Waals surface area contributed by atoms with Crippen molar-refractivity contribution in [3.8, 4) is 0 Å². The normalized spacial score (nSPS) is 16.6. The summed E-state index contributed by atoms with van der Waals surface area (Å²) >= 11 is 1.69. The van der Waals surface area contributed by atoms with Crippen molar-refractivity contribution in [3.05, 3.63) is 51.5 Å². The molecule has 23 heavy (non-hydrogen) atoms. The molecule has 3 nitrogen and oxygen atoms in total. The van der Waals surface area contributed by atoms with Gasteiger partial charge in [0.05, 0.1) is 17.2 Å². The number of benzene rings is 1. The molecule has 0 spiro atoms. The summed E-state index contributed by atoms with van der Waals surface area (Å²) in [6.45, 7) is 4.90. The van der Waals surface area contributed by atoms with Crippen LogP contribution in [0, 0.1) is 0 Å². The van der Waals surface area contributed by atoms with Gasteiger partial charge in [0, 0.05) is 24.8 Å². The standard InChI is InChI=1S/C19H24N2OS/c1-13(2)19-20-16(12-23-19)11-21(3)18(22)10-15-9-8-14-6-4-5-7-17(14)15/h4-7,12-13,15H,8-11H2,1-3H3/t15-/m1/s1. The Labute approximate surface area is 142 Å². The lowest BCUT2D eigenvalue weighted by Gasteiger charge is -2.19. The maximum Gasteiger partial charge on any atom is 0.223 e. The summed E-state index contributed by atoms with van der Waals surface area (Å²) in [6.07, 6.45) is 2.80. The van der Waals surface area contributed by atoms with Crippen LogP contribution in [-0.4, -0.2) is 22.8 Å². The number of aryl methyl sites for hydroxylation is 1. The lowest BCUT2D eigenvalue weighted by Crippen LogP contribution is -2.27. The molecule has 1 aromatic heterocycles. The van der Waals surface area contributed by atoms with Gasteiger partial charge in [-0.1, -0.05) is 38.1 Å². The molecule has 1 atom stereocenters. The molecule has 0 radical (unpaired) electrons. The van der Waals surface area contributed by atoms with E-state index in [1.54, 1.807) is 11.3 Å². The zero-order valence-electron chi connectivity index (χ0n) is 14.1. The maximum absolute atomic E-state index is 12.6. The Bertz CT molecular complexity index is 692. The largest absolute Gasteiger partial charge is 0.340 e. The third-order valence-corrected chi connectivity index (χ3v) is 5.76. The van der Waals surface area contributed by atoms with Crippen LogP contribution in [0.3, 0.4) is 0 Å². The van der Waals surface area contributed by atoms with Crippen LogP contribution in [0.15, 0.2) is 29.6 Å². The van der Waals surface area contributed by atoms with E-state index in [0.29, 0.717) is 24.8 Å². The van der Waals surface area contributed by atoms with E-state index < -0.39 is 0 Å². The van der Waals surface area contributed by atoms with Crippen molar-refractivity contribution < 1.29 is 4.79 Å². The zero-order chi connectivity index (χ0) is 16.4. The molecule has 0 fully saturated rings. The van der Waals surface area contributed by atoms with Crippen LogP contribution in [0.5, 0.6) is 0 Å². The number of nitrogens with zero attached hydrogens (tertiary/aromatic N) is 2. The number of hydrogen-bond acceptors (Lipinski definition) is 3. The van der Waals surface area contributed by atoms with E-state index in [1.807, 2.05) is 11.9 Å². The first-order chi connectivity index (χ1) is 11.0. The molecule has 1 heterocycles. The van der Waals surface area contributed by atoms with Crippen LogP contribution >= 0.6 is 11.3 Å². The van der Waals surface area contributed by atoms with Crippen LogP contribution in [0.1, 0.15) is 60.4 Å². The van der Waals surface area contributed by atoms with Crippen molar-refractivity contribution in [1.82, 2.24) is 9.88 Å². The molecule has 2 aromatic rings. The van der Waals surface area contributed by atoms with E-state index in [4.69, 9.17) is 0 Å². The van der Waals surface area contributed by atoms with Gasteiger partial charge >= 0.3 is 0 Å². The molecular formula is C19H24N2OS. The predicted molar refractivity (Wildman–Crippen MR) is 94.8 cm³/mol. The number of rotatable bonds is 5. The van der Waals surface area contributed by atoms with Crippen molar-refractivity contribution in [2.24, 2.45) is 0 Å². The second kappa shape index (κ2) is 6.83. The van der Waals surface area contributed by atoms with Crippen molar-refractivity contribution in [2.45, 2.75) is 51.5 Å². The first-order valence-corrected chi connectivity index (χ1v) is 9.18. The number of carbonyl (C=O) groups excluding carboxylic acids is 1. The molecule has 122 valence electrons. The van der Waals surface area contributed by atoms with Crippen LogP contribution in [-0.2, 0) is 17.8 Å². The van der Waals surface area contributed by atoms with Gasteiger partial charge in [0.2, 0.25) is 5.91 Å². The van der Waals surface area contributed by atoms with Crippen molar-refractivity contribution in [2.75, 3.05) is 7.05 Å². The Morgan fingerprint density at radius 3 is 2.91 bits per heavy atom. The monoisotopic (exact) mass is 328 g/mol. The lowest BCUT2D eigenvalue weighted by molar-refractivity contribution is -0.130. The molecule has 1 amide bonds. The highest BCUT2D eigenvalue weighted by atomic mass is 32.1. The first-order valence-electron chi connectivity index (χ1n) is 8.30. The fourth-order valence-corrected chi connectivity index (χ4v) is 4.04. The molecule has 0 bridgehead atoms. The SMILES string of the molecule is CC(C)c1nc(CN(C)C(=O)C[C@H]2CCc3ccccc32)cs1. The molecule has 4 heteroatoms. The van der Waals surface area contributed by atoms with E-state index in [0.717, 1.165) is 23.5 Å². The summed E-state index contributed by atoms with van der Waals surface area (Å²) in [5.41, 5.74) is 3.78. The first kappa shape index (κ1) is 16.2. The number of amides is 1. The number of aromatic nitrogens is 1. The van der Waals surface area contributed by atoms with Gasteiger partial charge in [-0.25, -0.2) is 4.98 Å². The van der Waals surface area contributed by atoms with E-state index in [-0.39, 0.29) is 5.91 Å². The Morgan fingerprint density at radius 1 is 1.39 bits per heavy atom. The van der Waals surface area contributed by atoms with E-state index >= 15 is 0 Å². The fourth-order valence-electron chi connectivity index (χ4n) is 3.22. The summed E-state index contributed by atoms with van der Waals surface area (Å²) in [6, 6.07) is 8.53. The lowest BCUT2D eigenvalue weighted by atomic mass is 9.97. The molecule has 1 aromatic carbocycles. The minimum Gasteiger partial charge on any atom is -0.340 e. The summed E-state index contributed by atoms with van der Waals surface area (Å²) < 4.78 is 0. The number of hydrogen-bond donors (Lipinski definition) is 0. The van der Waals surface area contributed by atoms with E-state index in [9.17, 15) is 4.79 Å². The third-order valence-electron chi connectivity index (χ3n) is 4.57. The molecule has 3 rings (SSSR count). The van der Waals surface area contributed by atoms with Crippen molar-refractivity contribution in [1.29, 1.82) is 0 Å². The quantitative estimate of drug-likeness (QED) is 0.818. The summed E-state index contributed by atoms with van der Waals surface area (Å²) in [5.74, 6) is 1.04. The smallest absolute Gasteiger partial charge is 0.223 e. The van der Waals surface area contributed by atoms with Gasteiger partial charge in [-0.05, 0) is 29.9 Å². The molecular weight excluding hydrogens is 304 g/mol. The topological polar surface area (TPSA) is 33.2 Å². The second-order valence-corrected chi connectivity index (χ2v) is 7.61. The van der Waals surface area contributed by atoms with E-state index in [2.05, 4.69) is 48.5 Å². The third kappa shape index (κ3) is 3.63. The van der Waals surface area contributed by atoms with Gasteiger partial charge in [0.25, 0.3) is 0 Å². The van der Waals surface area contributed by atoms with Gasteiger partial charge in [-0.2, -0.15) is 0 Å². The molecule has 0 saturated carbocycles. The minimum atomic E-state index is 0.214. The molecule has 0 unspecified atom stereocenters. The van der Waals surface area contributed by atoms with Gasteiger partial charge < -0.3 is 4.90 Å². The summed E-state index contributed by atoms with van der Waals surface area (Å²) in [7, 11) is 1.89. The van der Waals surface area contributed by atoms with Crippen molar-refractivity contribution in [3.63, 3.8) is 0 Å². The molecule has 1 aliphatic rings. The maximum atomic E-state index is 12.6. The van der Waals surface area contributed by atoms with Gasteiger partial charge in [0.15, 0.2) is 0 Å². The highest BCUT2D eigenvalue weighted by molar-refractivity contribution is 7.09.